The smallest absolute Gasteiger partial charge is 0.184 e. The van der Waals surface area contributed by atoms with E-state index in [0.29, 0.717) is 18.5 Å². The van der Waals surface area contributed by atoms with Crippen molar-refractivity contribution in [3.63, 3.8) is 0 Å². The number of carbonyl (C=O) groups excluding carboxylic acids is 1. The first-order chi connectivity index (χ1) is 10.8. The van der Waals surface area contributed by atoms with Gasteiger partial charge >= 0.3 is 0 Å². The van der Waals surface area contributed by atoms with Crippen LogP contribution in [0.25, 0.3) is 10.9 Å². The molecular formula is C16H17N5O. The molecule has 6 heteroatoms. The lowest BCUT2D eigenvalue weighted by Crippen LogP contribution is -2.02. The van der Waals surface area contributed by atoms with E-state index in [1.807, 2.05) is 36.5 Å². The summed E-state index contributed by atoms with van der Waals surface area (Å²) in [6.07, 6.45) is 5.50. The lowest BCUT2D eigenvalue weighted by atomic mass is 10.1. The van der Waals surface area contributed by atoms with E-state index in [2.05, 4.69) is 27.1 Å². The van der Waals surface area contributed by atoms with Gasteiger partial charge in [0.05, 0.1) is 11.2 Å². The lowest BCUT2D eigenvalue weighted by Gasteiger charge is -1.96. The molecule has 0 aliphatic carbocycles. The van der Waals surface area contributed by atoms with Gasteiger partial charge in [0.25, 0.3) is 0 Å². The van der Waals surface area contributed by atoms with E-state index in [4.69, 9.17) is 0 Å². The number of aromatic nitrogens is 5. The van der Waals surface area contributed by atoms with Gasteiger partial charge in [-0.05, 0) is 12.5 Å². The van der Waals surface area contributed by atoms with Gasteiger partial charge in [-0.3, -0.25) is 14.6 Å². The number of nitrogens with one attached hydrogen (secondary N) is 1. The summed E-state index contributed by atoms with van der Waals surface area (Å²) in [6, 6.07) is 7.62. The van der Waals surface area contributed by atoms with Crippen LogP contribution in [0.4, 0.5) is 0 Å². The van der Waals surface area contributed by atoms with Gasteiger partial charge in [-0.15, -0.1) is 11.7 Å². The molecular weight excluding hydrogens is 278 g/mol. The monoisotopic (exact) mass is 295 g/mol. The van der Waals surface area contributed by atoms with E-state index in [9.17, 15) is 4.79 Å². The Labute approximate surface area is 127 Å². The van der Waals surface area contributed by atoms with Crippen molar-refractivity contribution in [3.05, 3.63) is 54.5 Å². The van der Waals surface area contributed by atoms with Gasteiger partial charge < -0.3 is 0 Å². The number of H-pyrrole nitrogens is 1. The molecule has 1 aromatic carbocycles. The minimum atomic E-state index is 0.0121. The number of fused-ring (bicyclic) bond motifs is 1. The van der Waals surface area contributed by atoms with Crippen LogP contribution >= 0.6 is 0 Å². The third-order valence-corrected chi connectivity index (χ3v) is 3.49. The molecule has 0 spiro atoms. The first-order valence-corrected chi connectivity index (χ1v) is 7.24. The summed E-state index contributed by atoms with van der Waals surface area (Å²) in [7, 11) is 0. The summed E-state index contributed by atoms with van der Waals surface area (Å²) >= 11 is 0. The zero-order valence-electron chi connectivity index (χ0n) is 12.2. The highest BCUT2D eigenvalue weighted by Gasteiger charge is 2.14. The van der Waals surface area contributed by atoms with E-state index in [0.717, 1.165) is 29.6 Å². The minimum Gasteiger partial charge on any atom is -0.292 e. The van der Waals surface area contributed by atoms with Gasteiger partial charge in [-0.2, -0.15) is 5.10 Å². The number of rotatable bonds is 7. The van der Waals surface area contributed by atoms with Crippen LogP contribution in [0.1, 0.15) is 29.0 Å². The summed E-state index contributed by atoms with van der Waals surface area (Å²) in [5.41, 5.74) is 2.19. The Morgan fingerprint density at radius 3 is 3.09 bits per heavy atom. The number of hydrogen-bond donors (Lipinski definition) is 1. The molecule has 112 valence electrons. The summed E-state index contributed by atoms with van der Waals surface area (Å²) in [5.74, 6) is 0.0121. The van der Waals surface area contributed by atoms with Crippen LogP contribution in [-0.4, -0.2) is 31.0 Å². The van der Waals surface area contributed by atoms with E-state index in [1.54, 1.807) is 4.68 Å². The molecule has 0 unspecified atom stereocenters. The average Bonchev–Trinajstić information content (AvgIpc) is 3.17. The minimum absolute atomic E-state index is 0.0121. The van der Waals surface area contributed by atoms with Gasteiger partial charge in [0, 0.05) is 31.0 Å². The van der Waals surface area contributed by atoms with Gasteiger partial charge in [0.15, 0.2) is 5.78 Å². The van der Waals surface area contributed by atoms with Gasteiger partial charge in [-0.25, -0.2) is 0 Å². The maximum atomic E-state index is 12.3. The fourth-order valence-corrected chi connectivity index (χ4v) is 2.32. The molecule has 0 aliphatic heterocycles. The number of carbonyl (C=O) groups is 1. The Balaban J connectivity index is 1.65. The first kappa shape index (κ1) is 14.2. The molecule has 0 saturated heterocycles. The molecule has 2 aromatic heterocycles. The fraction of sp³-hybridized carbons (Fsp3) is 0.250. The largest absolute Gasteiger partial charge is 0.292 e. The molecule has 3 aromatic rings. The van der Waals surface area contributed by atoms with Crippen molar-refractivity contribution in [3.8, 4) is 0 Å². The predicted octanol–water partition coefficient (Wildman–Crippen LogP) is 2.55. The number of allylic oxidation sites excluding steroid dienone is 1. The Hall–Kier alpha value is -2.76. The topological polar surface area (TPSA) is 76.5 Å². The predicted molar refractivity (Wildman–Crippen MR) is 83.6 cm³/mol. The molecule has 0 radical (unpaired) electrons. The molecule has 1 N–H and O–H groups in total. The zero-order chi connectivity index (χ0) is 15.4. The highest BCUT2D eigenvalue weighted by molar-refractivity contribution is 6.05. The second-order valence-corrected chi connectivity index (χ2v) is 5.09. The molecule has 2 heterocycles. The van der Waals surface area contributed by atoms with Crippen LogP contribution in [0.3, 0.4) is 0 Å². The molecule has 0 fully saturated rings. The Morgan fingerprint density at radius 1 is 1.36 bits per heavy atom. The number of ketones is 1. The number of nitrogens with zero attached hydrogens (tertiary/aromatic N) is 4. The number of Topliss-reactive ketones (excluding diaryl/α,β-unsaturated/α-hetero) is 1. The van der Waals surface area contributed by atoms with Crippen LogP contribution in [0, 0.1) is 0 Å². The number of aryl methyl sites for hydroxylation is 2. The second kappa shape index (κ2) is 6.34. The number of aromatic amines is 1. The second-order valence-electron chi connectivity index (χ2n) is 5.09. The zero-order valence-corrected chi connectivity index (χ0v) is 12.2. The van der Waals surface area contributed by atoms with Crippen LogP contribution in [-0.2, 0) is 13.0 Å². The summed E-state index contributed by atoms with van der Waals surface area (Å²) < 4.78 is 1.77. The molecule has 0 bridgehead atoms. The number of hydrogen-bond acceptors (Lipinski definition) is 4. The Bertz CT molecular complexity index is 802. The van der Waals surface area contributed by atoms with Crippen LogP contribution in [0.5, 0.6) is 0 Å². The van der Waals surface area contributed by atoms with Gasteiger partial charge in [0.1, 0.15) is 5.69 Å². The van der Waals surface area contributed by atoms with E-state index < -0.39 is 0 Å². The standard InChI is InChI=1S/C16H17N5O/c1-2-3-10-21-11-12(17-20-21)8-9-15(22)16-13-6-4-5-7-14(13)18-19-16/h2,4-7,11H,1,3,8-10H2,(H,18,19). The SMILES string of the molecule is C=CCCn1cc(CCC(=O)c2n[nH]c3ccccc23)nn1. The van der Waals surface area contributed by atoms with Crippen molar-refractivity contribution in [1.82, 2.24) is 25.2 Å². The molecule has 0 amide bonds. The van der Waals surface area contributed by atoms with Crippen LogP contribution in [0.2, 0.25) is 0 Å². The maximum Gasteiger partial charge on any atom is 0.184 e. The summed E-state index contributed by atoms with van der Waals surface area (Å²) in [4.78, 5) is 12.3. The maximum absolute atomic E-state index is 12.3. The molecule has 22 heavy (non-hydrogen) atoms. The van der Waals surface area contributed by atoms with Crippen molar-refractivity contribution in [2.45, 2.75) is 25.8 Å². The number of benzene rings is 1. The van der Waals surface area contributed by atoms with Gasteiger partial charge in [0.2, 0.25) is 0 Å². The van der Waals surface area contributed by atoms with Crippen molar-refractivity contribution in [2.75, 3.05) is 0 Å². The van der Waals surface area contributed by atoms with Crippen molar-refractivity contribution < 1.29 is 4.79 Å². The Kier molecular flexibility index (Phi) is 4.09. The van der Waals surface area contributed by atoms with E-state index in [1.165, 1.54) is 0 Å². The fourth-order valence-electron chi connectivity index (χ4n) is 2.32. The van der Waals surface area contributed by atoms with E-state index >= 15 is 0 Å². The molecule has 6 nitrogen and oxygen atoms in total. The molecule has 3 rings (SSSR count). The summed E-state index contributed by atoms with van der Waals surface area (Å²) in [5, 5.41) is 16.0. The Morgan fingerprint density at radius 2 is 2.23 bits per heavy atom. The average molecular weight is 295 g/mol. The van der Waals surface area contributed by atoms with E-state index in [-0.39, 0.29) is 5.78 Å². The molecule has 0 saturated carbocycles. The quantitative estimate of drug-likeness (QED) is 0.537. The van der Waals surface area contributed by atoms with Crippen LogP contribution in [0.15, 0.2) is 43.1 Å². The van der Waals surface area contributed by atoms with Crippen molar-refractivity contribution in [2.24, 2.45) is 0 Å². The molecule has 0 aliphatic rings. The van der Waals surface area contributed by atoms with Crippen molar-refractivity contribution >= 4 is 16.7 Å². The highest BCUT2D eigenvalue weighted by Crippen LogP contribution is 2.17. The molecule has 0 atom stereocenters. The van der Waals surface area contributed by atoms with Gasteiger partial charge in [-0.1, -0.05) is 29.5 Å². The third kappa shape index (κ3) is 2.95. The van der Waals surface area contributed by atoms with Crippen molar-refractivity contribution in [1.29, 1.82) is 0 Å². The normalized spacial score (nSPS) is 10.9. The number of para-hydroxylation sites is 1. The third-order valence-electron chi connectivity index (χ3n) is 3.49. The summed E-state index contributed by atoms with van der Waals surface area (Å²) in [6.45, 7) is 4.44. The van der Waals surface area contributed by atoms with Crippen LogP contribution < -0.4 is 0 Å². The highest BCUT2D eigenvalue weighted by atomic mass is 16.1. The lowest BCUT2D eigenvalue weighted by molar-refractivity contribution is 0.0979. The first-order valence-electron chi connectivity index (χ1n) is 7.24.